The molecular weight excluding hydrogens is 392 g/mol. The fraction of sp³-hybridized carbons (Fsp3) is 0.455. The molecular formula is C22H28O8. The van der Waals surface area contributed by atoms with E-state index in [-0.39, 0.29) is 6.42 Å². The predicted molar refractivity (Wildman–Crippen MR) is 109 cm³/mol. The molecule has 0 aromatic rings. The van der Waals surface area contributed by atoms with Crippen molar-refractivity contribution < 1.29 is 39.6 Å². The molecule has 0 amide bonds. The van der Waals surface area contributed by atoms with E-state index in [1.807, 2.05) is 0 Å². The minimum Gasteiger partial charge on any atom is -0.480 e. The van der Waals surface area contributed by atoms with Crippen molar-refractivity contribution >= 4 is 23.9 Å². The summed E-state index contributed by atoms with van der Waals surface area (Å²) in [6.45, 7) is 17.4. The molecule has 0 heterocycles. The minimum atomic E-state index is -1.79. The quantitative estimate of drug-likeness (QED) is 0.311. The Balaban J connectivity index is 0.000000311. The number of carboxylic acid groups (broad SMARTS) is 4. The van der Waals surface area contributed by atoms with Gasteiger partial charge in [0.05, 0.1) is 0 Å². The molecule has 30 heavy (non-hydrogen) atoms. The van der Waals surface area contributed by atoms with Gasteiger partial charge in [-0.15, -0.1) is 26.3 Å². The number of aliphatic carboxylic acids is 4. The van der Waals surface area contributed by atoms with Crippen LogP contribution in [0.25, 0.3) is 0 Å². The number of carboxylic acids is 4. The summed E-state index contributed by atoms with van der Waals surface area (Å²) in [6.07, 6.45) is 6.54. The molecule has 8 heteroatoms. The molecule has 2 rings (SSSR count). The molecule has 8 nitrogen and oxygen atoms in total. The third-order valence-corrected chi connectivity index (χ3v) is 7.13. The van der Waals surface area contributed by atoms with Crippen molar-refractivity contribution in [3.05, 3.63) is 50.6 Å². The Morgan fingerprint density at radius 1 is 0.800 bits per heavy atom. The zero-order valence-electron chi connectivity index (χ0n) is 17.1. The summed E-state index contributed by atoms with van der Waals surface area (Å²) in [5, 5.41) is 36.3. The van der Waals surface area contributed by atoms with E-state index in [1.165, 1.54) is 18.2 Å². The molecule has 0 bridgehead atoms. The third kappa shape index (κ3) is 2.74. The molecule has 4 atom stereocenters. The third-order valence-electron chi connectivity index (χ3n) is 7.13. The van der Waals surface area contributed by atoms with Crippen LogP contribution in [0.1, 0.15) is 26.7 Å². The SMILES string of the molecule is C=CC1(C)C(C)C1(C(=O)O)C(=O)O.C=CCC1C(C=C)(CC=C)C1(C(=O)O)C(=O)O. The van der Waals surface area contributed by atoms with Crippen LogP contribution in [0, 0.1) is 33.5 Å². The molecule has 2 saturated carbocycles. The number of carbonyl (C=O) groups is 4. The van der Waals surface area contributed by atoms with Crippen molar-refractivity contribution in [2.75, 3.05) is 0 Å². The lowest BCUT2D eigenvalue weighted by atomic mass is 9.89. The minimum absolute atomic E-state index is 0.285. The number of allylic oxidation sites excluding steroid dienone is 4. The van der Waals surface area contributed by atoms with Gasteiger partial charge in [0.25, 0.3) is 0 Å². The maximum Gasteiger partial charge on any atom is 0.322 e. The summed E-state index contributed by atoms with van der Waals surface area (Å²) in [6, 6.07) is 0. The molecule has 4 unspecified atom stereocenters. The van der Waals surface area contributed by atoms with Crippen molar-refractivity contribution in [2.24, 2.45) is 33.5 Å². The van der Waals surface area contributed by atoms with Crippen molar-refractivity contribution in [3.8, 4) is 0 Å². The highest BCUT2D eigenvalue weighted by atomic mass is 16.4. The van der Waals surface area contributed by atoms with Gasteiger partial charge in [0.15, 0.2) is 10.8 Å². The van der Waals surface area contributed by atoms with E-state index >= 15 is 0 Å². The molecule has 164 valence electrons. The zero-order valence-corrected chi connectivity index (χ0v) is 17.1. The van der Waals surface area contributed by atoms with Gasteiger partial charge in [0.1, 0.15) is 0 Å². The average molecular weight is 420 g/mol. The van der Waals surface area contributed by atoms with Crippen LogP contribution in [0.4, 0.5) is 0 Å². The second kappa shape index (κ2) is 7.93. The Morgan fingerprint density at radius 2 is 1.23 bits per heavy atom. The molecule has 2 aliphatic rings. The van der Waals surface area contributed by atoms with Gasteiger partial charge >= 0.3 is 23.9 Å². The molecule has 4 N–H and O–H groups in total. The van der Waals surface area contributed by atoms with Gasteiger partial charge in [-0.25, -0.2) is 0 Å². The maximum atomic E-state index is 11.4. The maximum absolute atomic E-state index is 11.4. The first-order valence-corrected chi connectivity index (χ1v) is 9.23. The van der Waals surface area contributed by atoms with Gasteiger partial charge in [-0.3, -0.25) is 19.2 Å². The van der Waals surface area contributed by atoms with Crippen molar-refractivity contribution in [3.63, 3.8) is 0 Å². The lowest BCUT2D eigenvalue weighted by Crippen LogP contribution is -2.31. The zero-order chi connectivity index (χ0) is 23.7. The molecule has 2 fully saturated rings. The van der Waals surface area contributed by atoms with Crippen LogP contribution >= 0.6 is 0 Å². The Labute approximate surface area is 174 Å². The van der Waals surface area contributed by atoms with Crippen LogP contribution in [-0.4, -0.2) is 44.3 Å². The van der Waals surface area contributed by atoms with E-state index in [2.05, 4.69) is 26.3 Å². The smallest absolute Gasteiger partial charge is 0.322 e. The largest absolute Gasteiger partial charge is 0.480 e. The first-order valence-electron chi connectivity index (χ1n) is 9.23. The van der Waals surface area contributed by atoms with Gasteiger partial charge in [0, 0.05) is 16.7 Å². The summed E-state index contributed by atoms with van der Waals surface area (Å²) in [5.74, 6) is -6.13. The van der Waals surface area contributed by atoms with Crippen LogP contribution in [0.15, 0.2) is 50.6 Å². The van der Waals surface area contributed by atoms with E-state index in [0.717, 1.165) is 0 Å². The molecule has 0 aromatic heterocycles. The highest BCUT2D eigenvalue weighted by Gasteiger charge is 2.83. The predicted octanol–water partition coefficient (Wildman–Crippen LogP) is 3.08. The fourth-order valence-electron chi connectivity index (χ4n) is 5.04. The van der Waals surface area contributed by atoms with Crippen LogP contribution < -0.4 is 0 Å². The summed E-state index contributed by atoms with van der Waals surface area (Å²) in [5.41, 5.74) is -5.25. The molecule has 0 aliphatic heterocycles. The van der Waals surface area contributed by atoms with Gasteiger partial charge in [0.2, 0.25) is 0 Å². The standard InChI is InChI=1S/C13H16O4.C9H12O4/c1-4-7-9-12(6-3,8-5-2)13(9,10(14)15)11(16)17;1-4-8(3)5(2)9(8,6(10)11)7(12)13/h4-6,9H,1-3,7-8H2,(H,14,15)(H,16,17);4-5H,1H2,2-3H3,(H,10,11)(H,12,13). The highest BCUT2D eigenvalue weighted by Crippen LogP contribution is 2.73. The number of rotatable bonds is 10. The summed E-state index contributed by atoms with van der Waals surface area (Å²) < 4.78 is 0. The summed E-state index contributed by atoms with van der Waals surface area (Å²) in [7, 11) is 0. The number of hydrogen-bond acceptors (Lipinski definition) is 4. The van der Waals surface area contributed by atoms with Crippen LogP contribution in [0.3, 0.4) is 0 Å². The van der Waals surface area contributed by atoms with Gasteiger partial charge in [-0.2, -0.15) is 0 Å². The summed E-state index contributed by atoms with van der Waals surface area (Å²) >= 11 is 0. The van der Waals surface area contributed by atoms with E-state index in [0.29, 0.717) is 6.42 Å². The molecule has 0 saturated heterocycles. The highest BCUT2D eigenvalue weighted by molar-refractivity contribution is 6.05. The van der Waals surface area contributed by atoms with Crippen LogP contribution in [0.5, 0.6) is 0 Å². The second-order valence-corrected chi connectivity index (χ2v) is 7.86. The fourth-order valence-corrected chi connectivity index (χ4v) is 5.04. The van der Waals surface area contributed by atoms with Gasteiger partial charge in [-0.05, 0) is 18.8 Å². The van der Waals surface area contributed by atoms with Crippen molar-refractivity contribution in [1.29, 1.82) is 0 Å². The lowest BCUT2D eigenvalue weighted by molar-refractivity contribution is -0.161. The first-order chi connectivity index (χ1) is 13.8. The van der Waals surface area contributed by atoms with E-state index in [4.69, 9.17) is 10.2 Å². The topological polar surface area (TPSA) is 149 Å². The van der Waals surface area contributed by atoms with Gasteiger partial charge < -0.3 is 20.4 Å². The second-order valence-electron chi connectivity index (χ2n) is 7.86. The van der Waals surface area contributed by atoms with E-state index in [1.54, 1.807) is 19.9 Å². The number of hydrogen-bond donors (Lipinski definition) is 4. The van der Waals surface area contributed by atoms with Gasteiger partial charge in [-0.1, -0.05) is 38.2 Å². The van der Waals surface area contributed by atoms with E-state index in [9.17, 15) is 29.4 Å². The van der Waals surface area contributed by atoms with Crippen LogP contribution in [-0.2, 0) is 19.2 Å². The normalized spacial score (nSPS) is 31.7. The monoisotopic (exact) mass is 420 g/mol. The molecule has 0 radical (unpaired) electrons. The lowest BCUT2D eigenvalue weighted by Gasteiger charge is -2.13. The Kier molecular flexibility index (Phi) is 6.58. The van der Waals surface area contributed by atoms with Crippen LogP contribution in [0.2, 0.25) is 0 Å². The Hall–Kier alpha value is -3.16. The Bertz CT molecular complexity index is 797. The Morgan fingerprint density at radius 3 is 1.43 bits per heavy atom. The van der Waals surface area contributed by atoms with E-state index < -0.39 is 57.4 Å². The van der Waals surface area contributed by atoms with Crippen molar-refractivity contribution in [1.82, 2.24) is 0 Å². The molecule has 2 aliphatic carbocycles. The molecule has 0 spiro atoms. The van der Waals surface area contributed by atoms with Crippen molar-refractivity contribution in [2.45, 2.75) is 26.7 Å². The average Bonchev–Trinajstić information content (AvgIpc) is 3.43. The first kappa shape index (κ1) is 24.9. The molecule has 0 aromatic carbocycles. The summed E-state index contributed by atoms with van der Waals surface area (Å²) in [4.78, 5) is 44.5.